The van der Waals surface area contributed by atoms with Gasteiger partial charge in [0.15, 0.2) is 29.0 Å². The normalized spacial score (nSPS) is 11.7. The molecule has 7 aromatic carbocycles. The Balaban J connectivity index is 1.15. The van der Waals surface area contributed by atoms with Crippen LogP contribution in [-0.2, 0) is 0 Å². The van der Waals surface area contributed by atoms with Crippen LogP contribution < -0.4 is 9.64 Å². The quantitative estimate of drug-likeness (QED) is 0.181. The molecule has 0 aliphatic carbocycles. The summed E-state index contributed by atoms with van der Waals surface area (Å²) < 4.78 is 6.24. The maximum absolute atomic E-state index is 6.24. The summed E-state index contributed by atoms with van der Waals surface area (Å²) in [6.07, 6.45) is 0. The summed E-state index contributed by atoms with van der Waals surface area (Å²) in [6, 6.07) is 62.1. The number of nitrogens with zero attached hydrogens (tertiary/aromatic N) is 4. The number of hydrogen-bond acceptors (Lipinski definition) is 5. The van der Waals surface area contributed by atoms with E-state index in [-0.39, 0.29) is 0 Å². The van der Waals surface area contributed by atoms with Crippen LogP contribution in [0.1, 0.15) is 0 Å². The van der Waals surface area contributed by atoms with E-state index >= 15 is 0 Å². The molecular weight excluding hydrogens is 613 g/mol. The van der Waals surface area contributed by atoms with E-state index in [2.05, 4.69) is 138 Å². The van der Waals surface area contributed by atoms with Crippen LogP contribution in [0.3, 0.4) is 0 Å². The van der Waals surface area contributed by atoms with Gasteiger partial charge in [-0.25, -0.2) is 15.0 Å². The van der Waals surface area contributed by atoms with Crippen LogP contribution in [0.4, 0.5) is 17.1 Å². The standard InChI is InChI=1S/C45H30N4O/c1-3-13-31(14-4-1)34-17-11-19-36(29-34)44-46-43(47-45(48-44)37-20-12-18-35(30-37)32-15-5-2-6-16-32)33-25-27-38(28-26-33)49-39-21-7-9-23-41(39)50-42-24-10-8-22-40(42)49/h1-30H. The van der Waals surface area contributed by atoms with Crippen LogP contribution in [0.15, 0.2) is 182 Å². The lowest BCUT2D eigenvalue weighted by Crippen LogP contribution is -2.15. The Hall–Kier alpha value is -6.85. The summed E-state index contributed by atoms with van der Waals surface area (Å²) >= 11 is 0. The number of benzene rings is 7. The second-order valence-electron chi connectivity index (χ2n) is 12.1. The topological polar surface area (TPSA) is 51.1 Å². The third-order valence-corrected chi connectivity index (χ3v) is 8.91. The van der Waals surface area contributed by atoms with Gasteiger partial charge < -0.3 is 9.64 Å². The molecule has 0 bridgehead atoms. The Morgan fingerprint density at radius 2 is 0.720 bits per heavy atom. The van der Waals surface area contributed by atoms with E-state index in [9.17, 15) is 0 Å². The van der Waals surface area contributed by atoms with Gasteiger partial charge in [-0.1, -0.05) is 121 Å². The van der Waals surface area contributed by atoms with Crippen molar-refractivity contribution in [3.05, 3.63) is 182 Å². The lowest BCUT2D eigenvalue weighted by atomic mass is 10.0. The van der Waals surface area contributed by atoms with E-state index in [1.165, 1.54) is 0 Å². The number of ether oxygens (including phenoxy) is 1. The van der Waals surface area contributed by atoms with Crippen molar-refractivity contribution < 1.29 is 4.74 Å². The zero-order chi connectivity index (χ0) is 33.3. The molecule has 0 amide bonds. The largest absolute Gasteiger partial charge is 0.453 e. The Kier molecular flexibility index (Phi) is 7.41. The first kappa shape index (κ1) is 29.3. The number of fused-ring (bicyclic) bond motifs is 2. The predicted molar refractivity (Wildman–Crippen MR) is 202 cm³/mol. The Morgan fingerprint density at radius 3 is 1.22 bits per heavy atom. The third-order valence-electron chi connectivity index (χ3n) is 8.91. The Labute approximate surface area is 290 Å². The fraction of sp³-hybridized carbons (Fsp3) is 0. The van der Waals surface area contributed by atoms with E-state index in [0.29, 0.717) is 17.5 Å². The van der Waals surface area contributed by atoms with Gasteiger partial charge in [-0.2, -0.15) is 0 Å². The van der Waals surface area contributed by atoms with Gasteiger partial charge in [-0.3, -0.25) is 0 Å². The molecule has 0 spiro atoms. The molecule has 236 valence electrons. The summed E-state index contributed by atoms with van der Waals surface area (Å²) in [5.74, 6) is 3.48. The molecule has 2 heterocycles. The van der Waals surface area contributed by atoms with Crippen molar-refractivity contribution in [2.24, 2.45) is 0 Å². The molecule has 0 radical (unpaired) electrons. The number of rotatable bonds is 6. The monoisotopic (exact) mass is 642 g/mol. The highest BCUT2D eigenvalue weighted by atomic mass is 16.5. The van der Waals surface area contributed by atoms with Crippen molar-refractivity contribution in [2.45, 2.75) is 0 Å². The number of aromatic nitrogens is 3. The Bertz CT molecular complexity index is 2320. The van der Waals surface area contributed by atoms with Crippen molar-refractivity contribution >= 4 is 17.1 Å². The maximum atomic E-state index is 6.24. The van der Waals surface area contributed by atoms with E-state index in [4.69, 9.17) is 19.7 Å². The first-order valence-electron chi connectivity index (χ1n) is 16.6. The van der Waals surface area contributed by atoms with Gasteiger partial charge in [0.2, 0.25) is 0 Å². The molecular formula is C45H30N4O. The second-order valence-corrected chi connectivity index (χ2v) is 12.1. The predicted octanol–water partition coefficient (Wildman–Crippen LogP) is 11.8. The van der Waals surface area contributed by atoms with Gasteiger partial charge in [0.1, 0.15) is 0 Å². The van der Waals surface area contributed by atoms with Crippen molar-refractivity contribution in [3.63, 3.8) is 0 Å². The Morgan fingerprint density at radius 1 is 0.320 bits per heavy atom. The minimum atomic E-state index is 0.606. The van der Waals surface area contributed by atoms with E-state index in [1.807, 2.05) is 48.5 Å². The van der Waals surface area contributed by atoms with Crippen molar-refractivity contribution in [3.8, 4) is 67.9 Å². The first-order valence-corrected chi connectivity index (χ1v) is 16.6. The van der Waals surface area contributed by atoms with E-state index < -0.39 is 0 Å². The summed E-state index contributed by atoms with van der Waals surface area (Å²) in [6.45, 7) is 0. The smallest absolute Gasteiger partial charge is 0.164 e. The summed E-state index contributed by atoms with van der Waals surface area (Å²) in [5, 5.41) is 0. The lowest BCUT2D eigenvalue weighted by molar-refractivity contribution is 0.477. The minimum absolute atomic E-state index is 0.606. The van der Waals surface area contributed by atoms with Gasteiger partial charge in [-0.15, -0.1) is 0 Å². The maximum Gasteiger partial charge on any atom is 0.164 e. The van der Waals surface area contributed by atoms with Crippen LogP contribution in [0.25, 0.3) is 56.4 Å². The van der Waals surface area contributed by atoms with Gasteiger partial charge in [-0.05, 0) is 82.9 Å². The molecule has 0 saturated carbocycles. The number of anilines is 3. The molecule has 50 heavy (non-hydrogen) atoms. The zero-order valence-electron chi connectivity index (χ0n) is 27.0. The molecule has 1 aliphatic rings. The van der Waals surface area contributed by atoms with Gasteiger partial charge >= 0.3 is 0 Å². The van der Waals surface area contributed by atoms with E-state index in [0.717, 1.165) is 67.5 Å². The highest BCUT2D eigenvalue weighted by Crippen LogP contribution is 2.50. The van der Waals surface area contributed by atoms with Crippen molar-refractivity contribution in [1.29, 1.82) is 0 Å². The van der Waals surface area contributed by atoms with Crippen LogP contribution >= 0.6 is 0 Å². The van der Waals surface area contributed by atoms with Gasteiger partial charge in [0.25, 0.3) is 0 Å². The van der Waals surface area contributed by atoms with Crippen LogP contribution in [-0.4, -0.2) is 15.0 Å². The van der Waals surface area contributed by atoms with Crippen molar-refractivity contribution in [2.75, 3.05) is 4.90 Å². The fourth-order valence-corrected chi connectivity index (χ4v) is 6.44. The number of para-hydroxylation sites is 4. The zero-order valence-corrected chi connectivity index (χ0v) is 27.0. The van der Waals surface area contributed by atoms with Crippen LogP contribution in [0.5, 0.6) is 11.5 Å². The molecule has 1 aliphatic heterocycles. The third kappa shape index (κ3) is 5.57. The average Bonchev–Trinajstić information content (AvgIpc) is 3.20. The summed E-state index contributed by atoms with van der Waals surface area (Å²) in [5.41, 5.74) is 10.2. The van der Waals surface area contributed by atoms with Gasteiger partial charge in [0, 0.05) is 22.4 Å². The van der Waals surface area contributed by atoms with Crippen LogP contribution in [0.2, 0.25) is 0 Å². The highest BCUT2D eigenvalue weighted by molar-refractivity contribution is 5.86. The summed E-state index contributed by atoms with van der Waals surface area (Å²) in [4.78, 5) is 17.4. The van der Waals surface area contributed by atoms with Crippen LogP contribution in [0, 0.1) is 0 Å². The molecule has 1 aromatic heterocycles. The highest BCUT2D eigenvalue weighted by Gasteiger charge is 2.25. The second kappa shape index (κ2) is 12.6. The molecule has 0 saturated heterocycles. The molecule has 8 aromatic rings. The minimum Gasteiger partial charge on any atom is -0.453 e. The van der Waals surface area contributed by atoms with Crippen molar-refractivity contribution in [1.82, 2.24) is 15.0 Å². The molecule has 0 N–H and O–H groups in total. The molecule has 0 unspecified atom stereocenters. The first-order chi connectivity index (χ1) is 24.8. The molecule has 5 heteroatoms. The molecule has 0 atom stereocenters. The van der Waals surface area contributed by atoms with E-state index in [1.54, 1.807) is 0 Å². The average molecular weight is 643 g/mol. The summed E-state index contributed by atoms with van der Waals surface area (Å²) in [7, 11) is 0. The molecule has 9 rings (SSSR count). The van der Waals surface area contributed by atoms with Gasteiger partial charge in [0.05, 0.1) is 11.4 Å². The fourth-order valence-electron chi connectivity index (χ4n) is 6.44. The number of hydrogen-bond donors (Lipinski definition) is 0. The molecule has 0 fully saturated rings. The SMILES string of the molecule is c1ccc(-c2cccc(-c3nc(-c4ccc(N5c6ccccc6Oc6ccccc65)cc4)nc(-c4cccc(-c5ccccc5)c4)n3)c2)cc1. The lowest BCUT2D eigenvalue weighted by Gasteiger charge is -2.32. The molecule has 5 nitrogen and oxygen atoms in total.